The van der Waals surface area contributed by atoms with Crippen molar-refractivity contribution in [2.45, 2.75) is 13.5 Å². The predicted molar refractivity (Wildman–Crippen MR) is 93.3 cm³/mol. The number of aromatic nitrogens is 2. The lowest BCUT2D eigenvalue weighted by Gasteiger charge is -2.10. The zero-order valence-electron chi connectivity index (χ0n) is 13.7. The molecule has 0 atom stereocenters. The molecule has 0 aliphatic heterocycles. The van der Waals surface area contributed by atoms with Gasteiger partial charge in [0.1, 0.15) is 11.8 Å². The van der Waals surface area contributed by atoms with Gasteiger partial charge in [-0.25, -0.2) is 4.68 Å². The van der Waals surface area contributed by atoms with Gasteiger partial charge in [0.15, 0.2) is 0 Å². The first kappa shape index (κ1) is 15.6. The largest absolute Gasteiger partial charge is 0.497 e. The molecule has 0 aliphatic carbocycles. The highest BCUT2D eigenvalue weighted by Crippen LogP contribution is 2.20. The molecule has 24 heavy (non-hydrogen) atoms. The van der Waals surface area contributed by atoms with Crippen LogP contribution >= 0.6 is 0 Å². The molecule has 0 unspecified atom stereocenters. The fourth-order valence-corrected chi connectivity index (χ4v) is 2.56. The summed E-state index contributed by atoms with van der Waals surface area (Å²) in [5.74, 6) is 0.809. The number of benzene rings is 2. The highest BCUT2D eigenvalue weighted by atomic mass is 16.5. The average Bonchev–Trinajstić information content (AvgIpc) is 2.96. The Labute approximate surface area is 141 Å². The standard InChI is InChI=1S/C19H18N4O/c1-14-18(12-20)19(23(22-14)16-6-4-3-5-7-16)13-21-15-8-10-17(24-2)11-9-15/h3-11,21H,13H2,1-2H3. The highest BCUT2D eigenvalue weighted by Gasteiger charge is 2.15. The van der Waals surface area contributed by atoms with E-state index in [4.69, 9.17) is 4.74 Å². The van der Waals surface area contributed by atoms with E-state index in [1.807, 2.05) is 66.2 Å². The number of para-hydroxylation sites is 1. The SMILES string of the molecule is COc1ccc(NCc2c(C#N)c(C)nn2-c2ccccc2)cc1. The fourth-order valence-electron chi connectivity index (χ4n) is 2.56. The van der Waals surface area contributed by atoms with Gasteiger partial charge in [-0.15, -0.1) is 0 Å². The third kappa shape index (κ3) is 3.08. The Morgan fingerprint density at radius 1 is 1.12 bits per heavy atom. The number of rotatable bonds is 5. The summed E-state index contributed by atoms with van der Waals surface area (Å²) in [5.41, 5.74) is 4.08. The van der Waals surface area contributed by atoms with Crippen molar-refractivity contribution in [3.63, 3.8) is 0 Å². The molecule has 0 amide bonds. The van der Waals surface area contributed by atoms with Gasteiger partial charge in [-0.2, -0.15) is 10.4 Å². The van der Waals surface area contributed by atoms with Crippen LogP contribution in [0, 0.1) is 18.3 Å². The molecule has 0 bridgehead atoms. The monoisotopic (exact) mass is 318 g/mol. The molecule has 1 heterocycles. The quantitative estimate of drug-likeness (QED) is 0.779. The molecule has 5 heteroatoms. The van der Waals surface area contributed by atoms with Crippen molar-refractivity contribution < 1.29 is 4.74 Å². The number of aryl methyl sites for hydroxylation is 1. The van der Waals surface area contributed by atoms with E-state index in [9.17, 15) is 5.26 Å². The molecule has 0 radical (unpaired) electrons. The van der Waals surface area contributed by atoms with Crippen molar-refractivity contribution >= 4 is 5.69 Å². The summed E-state index contributed by atoms with van der Waals surface area (Å²) in [5, 5.41) is 17.3. The van der Waals surface area contributed by atoms with E-state index < -0.39 is 0 Å². The number of nitrogens with zero attached hydrogens (tertiary/aromatic N) is 3. The lowest BCUT2D eigenvalue weighted by atomic mass is 10.2. The molecule has 0 aliphatic rings. The minimum absolute atomic E-state index is 0.505. The van der Waals surface area contributed by atoms with Gasteiger partial charge >= 0.3 is 0 Å². The van der Waals surface area contributed by atoms with Crippen LogP contribution in [0.1, 0.15) is 17.0 Å². The first-order valence-electron chi connectivity index (χ1n) is 7.65. The molecular formula is C19H18N4O. The Bertz CT molecular complexity index is 861. The molecule has 3 rings (SSSR count). The maximum Gasteiger partial charge on any atom is 0.119 e. The summed E-state index contributed by atoms with van der Waals surface area (Å²) >= 11 is 0. The van der Waals surface area contributed by atoms with Gasteiger partial charge in [-0.1, -0.05) is 18.2 Å². The van der Waals surface area contributed by atoms with Gasteiger partial charge in [0.25, 0.3) is 0 Å². The van der Waals surface area contributed by atoms with Crippen LogP contribution < -0.4 is 10.1 Å². The van der Waals surface area contributed by atoms with E-state index in [1.54, 1.807) is 7.11 Å². The Kier molecular flexibility index (Phi) is 4.48. The number of methoxy groups -OCH3 is 1. The van der Waals surface area contributed by atoms with Crippen molar-refractivity contribution in [3.8, 4) is 17.5 Å². The first-order valence-corrected chi connectivity index (χ1v) is 7.65. The van der Waals surface area contributed by atoms with Crippen molar-refractivity contribution in [2.24, 2.45) is 0 Å². The summed E-state index contributed by atoms with van der Waals surface area (Å²) in [6.45, 7) is 2.36. The Morgan fingerprint density at radius 3 is 2.46 bits per heavy atom. The molecule has 1 N–H and O–H groups in total. The smallest absolute Gasteiger partial charge is 0.119 e. The third-order valence-corrected chi connectivity index (χ3v) is 3.82. The second-order valence-electron chi connectivity index (χ2n) is 5.35. The van der Waals surface area contributed by atoms with Crippen LogP contribution in [0.3, 0.4) is 0 Å². The van der Waals surface area contributed by atoms with Gasteiger partial charge in [0, 0.05) is 5.69 Å². The zero-order chi connectivity index (χ0) is 16.9. The topological polar surface area (TPSA) is 62.9 Å². The van der Waals surface area contributed by atoms with Gasteiger partial charge in [-0.05, 0) is 43.3 Å². The van der Waals surface area contributed by atoms with Gasteiger partial charge in [-0.3, -0.25) is 0 Å². The first-order chi connectivity index (χ1) is 11.7. The van der Waals surface area contributed by atoms with Crippen molar-refractivity contribution in [3.05, 3.63) is 71.5 Å². The Morgan fingerprint density at radius 2 is 1.83 bits per heavy atom. The van der Waals surface area contributed by atoms with E-state index in [-0.39, 0.29) is 0 Å². The van der Waals surface area contributed by atoms with Crippen LogP contribution in [0.2, 0.25) is 0 Å². The normalized spacial score (nSPS) is 10.2. The minimum Gasteiger partial charge on any atom is -0.497 e. The van der Waals surface area contributed by atoms with E-state index in [2.05, 4.69) is 16.5 Å². The van der Waals surface area contributed by atoms with Crippen LogP contribution in [0.5, 0.6) is 5.75 Å². The number of nitrogens with one attached hydrogen (secondary N) is 1. The van der Waals surface area contributed by atoms with Crippen LogP contribution in [-0.2, 0) is 6.54 Å². The molecule has 0 fully saturated rings. The molecule has 0 saturated carbocycles. The molecule has 3 aromatic rings. The van der Waals surface area contributed by atoms with Crippen molar-refractivity contribution in [1.82, 2.24) is 9.78 Å². The summed E-state index contributed by atoms with van der Waals surface area (Å²) in [6, 6.07) is 19.8. The number of anilines is 1. The molecule has 5 nitrogen and oxygen atoms in total. The minimum atomic E-state index is 0.505. The second kappa shape index (κ2) is 6.88. The van der Waals surface area contributed by atoms with Crippen LogP contribution in [0.15, 0.2) is 54.6 Å². The van der Waals surface area contributed by atoms with Crippen LogP contribution in [0.4, 0.5) is 5.69 Å². The lowest BCUT2D eigenvalue weighted by Crippen LogP contribution is -2.08. The summed E-state index contributed by atoms with van der Waals surface area (Å²) in [6.07, 6.45) is 0. The number of ether oxygens (including phenoxy) is 1. The van der Waals surface area contributed by atoms with Crippen LogP contribution in [0.25, 0.3) is 5.69 Å². The second-order valence-corrected chi connectivity index (χ2v) is 5.35. The van der Waals surface area contributed by atoms with Gasteiger partial charge in [0.2, 0.25) is 0 Å². The predicted octanol–water partition coefficient (Wildman–Crippen LogP) is 3.67. The Balaban J connectivity index is 1.90. The average molecular weight is 318 g/mol. The van der Waals surface area contributed by atoms with E-state index >= 15 is 0 Å². The summed E-state index contributed by atoms with van der Waals surface area (Å²) < 4.78 is 6.99. The maximum atomic E-state index is 9.48. The lowest BCUT2D eigenvalue weighted by molar-refractivity contribution is 0.415. The molecule has 1 aromatic heterocycles. The van der Waals surface area contributed by atoms with Crippen LogP contribution in [-0.4, -0.2) is 16.9 Å². The van der Waals surface area contributed by atoms with Gasteiger partial charge < -0.3 is 10.1 Å². The fraction of sp³-hybridized carbons (Fsp3) is 0.158. The molecular weight excluding hydrogens is 300 g/mol. The zero-order valence-corrected chi connectivity index (χ0v) is 13.7. The molecule has 120 valence electrons. The third-order valence-electron chi connectivity index (χ3n) is 3.82. The number of hydrogen-bond acceptors (Lipinski definition) is 4. The van der Waals surface area contributed by atoms with Gasteiger partial charge in [0.05, 0.1) is 36.3 Å². The van der Waals surface area contributed by atoms with Crippen molar-refractivity contribution in [2.75, 3.05) is 12.4 Å². The number of hydrogen-bond donors (Lipinski definition) is 1. The Hall–Kier alpha value is -3.26. The van der Waals surface area contributed by atoms with Crippen molar-refractivity contribution in [1.29, 1.82) is 5.26 Å². The molecule has 0 saturated heterocycles. The summed E-state index contributed by atoms with van der Waals surface area (Å²) in [4.78, 5) is 0. The number of nitriles is 1. The highest BCUT2D eigenvalue weighted by molar-refractivity contribution is 5.49. The molecule has 0 spiro atoms. The maximum absolute atomic E-state index is 9.48. The van der Waals surface area contributed by atoms with E-state index in [0.717, 1.165) is 28.5 Å². The molecule has 2 aromatic carbocycles. The van der Waals surface area contributed by atoms with E-state index in [0.29, 0.717) is 12.1 Å². The summed E-state index contributed by atoms with van der Waals surface area (Å²) in [7, 11) is 1.64. The van der Waals surface area contributed by atoms with E-state index in [1.165, 1.54) is 0 Å².